The lowest BCUT2D eigenvalue weighted by Crippen LogP contribution is -2.61. The second-order valence-corrected chi connectivity index (χ2v) is 22.4. The summed E-state index contributed by atoms with van der Waals surface area (Å²) in [5.41, 5.74) is 0. The number of esters is 3. The van der Waals surface area contributed by atoms with Gasteiger partial charge in [0.05, 0.1) is 6.61 Å². The number of hydrogen-bond acceptors (Lipinski definition) is 11. The molecular formula is C65H118O12. The Bertz CT molecular complexity index is 1430. The van der Waals surface area contributed by atoms with Gasteiger partial charge in [0.25, 0.3) is 0 Å². The first kappa shape index (κ1) is 72.2. The SMILES string of the molecule is CCCCC/C=C\C/C=C\CCCCCCCCCCCC(=O)OCC(COC1OC(C(=O)O)C(O)C(O)C1OC(=O)CCCCCCCCCCCCC)OC(=O)CCCCCCCCCCCCCCCCCCC. The lowest BCUT2D eigenvalue weighted by molar-refractivity contribution is -0.301. The van der Waals surface area contributed by atoms with Crippen molar-refractivity contribution in [1.29, 1.82) is 0 Å². The van der Waals surface area contributed by atoms with Gasteiger partial charge in [-0.05, 0) is 51.4 Å². The number of aliphatic hydroxyl groups excluding tert-OH is 2. The highest BCUT2D eigenvalue weighted by molar-refractivity contribution is 5.74. The van der Waals surface area contributed by atoms with Crippen LogP contribution < -0.4 is 0 Å². The van der Waals surface area contributed by atoms with E-state index in [1.54, 1.807) is 0 Å². The molecule has 0 aromatic rings. The van der Waals surface area contributed by atoms with E-state index in [0.717, 1.165) is 77.0 Å². The Morgan fingerprint density at radius 1 is 0.429 bits per heavy atom. The summed E-state index contributed by atoms with van der Waals surface area (Å²) < 4.78 is 28.5. The predicted octanol–water partition coefficient (Wildman–Crippen LogP) is 17.0. The van der Waals surface area contributed by atoms with Crippen molar-refractivity contribution < 1.29 is 58.2 Å². The number of hydrogen-bond donors (Lipinski definition) is 3. The zero-order valence-electron chi connectivity index (χ0n) is 49.7. The van der Waals surface area contributed by atoms with Crippen LogP contribution in [0.1, 0.15) is 316 Å². The molecule has 1 rings (SSSR count). The molecule has 0 radical (unpaired) electrons. The quantitative estimate of drug-likeness (QED) is 0.0228. The van der Waals surface area contributed by atoms with Crippen molar-refractivity contribution in [3.05, 3.63) is 24.3 Å². The first-order chi connectivity index (χ1) is 37.6. The van der Waals surface area contributed by atoms with Crippen molar-refractivity contribution in [2.24, 2.45) is 0 Å². The molecule has 0 spiro atoms. The molecule has 1 heterocycles. The average molecular weight is 1090 g/mol. The van der Waals surface area contributed by atoms with Crippen molar-refractivity contribution in [2.45, 2.75) is 353 Å². The first-order valence-corrected chi connectivity index (χ1v) is 32.3. The zero-order chi connectivity index (χ0) is 56.1. The molecule has 0 saturated carbocycles. The van der Waals surface area contributed by atoms with E-state index >= 15 is 0 Å². The molecular weight excluding hydrogens is 973 g/mol. The Balaban J connectivity index is 2.63. The number of carboxylic acids is 1. The summed E-state index contributed by atoms with van der Waals surface area (Å²) in [6.07, 6.45) is 50.0. The van der Waals surface area contributed by atoms with Gasteiger partial charge in [-0.2, -0.15) is 0 Å². The highest BCUT2D eigenvalue weighted by atomic mass is 16.7. The minimum atomic E-state index is -1.90. The van der Waals surface area contributed by atoms with Crippen LogP contribution in [0.3, 0.4) is 0 Å². The van der Waals surface area contributed by atoms with Gasteiger partial charge in [-0.3, -0.25) is 14.4 Å². The summed E-state index contributed by atoms with van der Waals surface area (Å²) in [4.78, 5) is 51.2. The van der Waals surface area contributed by atoms with E-state index in [-0.39, 0.29) is 25.9 Å². The Morgan fingerprint density at radius 2 is 0.779 bits per heavy atom. The van der Waals surface area contributed by atoms with E-state index < -0.39 is 67.3 Å². The van der Waals surface area contributed by atoms with Crippen LogP contribution in [0.15, 0.2) is 24.3 Å². The number of carbonyl (C=O) groups is 4. The number of rotatable bonds is 56. The zero-order valence-corrected chi connectivity index (χ0v) is 49.7. The van der Waals surface area contributed by atoms with Crippen molar-refractivity contribution >= 4 is 23.9 Å². The van der Waals surface area contributed by atoms with Gasteiger partial charge < -0.3 is 39.0 Å². The maximum absolute atomic E-state index is 13.2. The molecule has 6 unspecified atom stereocenters. The number of carboxylic acid groups (broad SMARTS) is 1. The van der Waals surface area contributed by atoms with Gasteiger partial charge in [0.1, 0.15) is 18.8 Å². The maximum Gasteiger partial charge on any atom is 0.335 e. The van der Waals surface area contributed by atoms with Crippen molar-refractivity contribution in [3.63, 3.8) is 0 Å². The summed E-state index contributed by atoms with van der Waals surface area (Å²) >= 11 is 0. The van der Waals surface area contributed by atoms with Crippen molar-refractivity contribution in [2.75, 3.05) is 13.2 Å². The largest absolute Gasteiger partial charge is 0.479 e. The average Bonchev–Trinajstić information content (AvgIpc) is 3.42. The third-order valence-corrected chi connectivity index (χ3v) is 15.0. The van der Waals surface area contributed by atoms with E-state index in [9.17, 15) is 34.5 Å². The van der Waals surface area contributed by atoms with Crippen LogP contribution in [0.2, 0.25) is 0 Å². The Hall–Kier alpha value is -2.80. The smallest absolute Gasteiger partial charge is 0.335 e. The summed E-state index contributed by atoms with van der Waals surface area (Å²) in [5.74, 6) is -3.08. The Labute approximate surface area is 470 Å². The molecule has 1 saturated heterocycles. The Morgan fingerprint density at radius 3 is 1.19 bits per heavy atom. The third kappa shape index (κ3) is 43.7. The molecule has 12 heteroatoms. The van der Waals surface area contributed by atoms with Crippen LogP contribution >= 0.6 is 0 Å². The van der Waals surface area contributed by atoms with Crippen LogP contribution in [0.4, 0.5) is 0 Å². The normalized spacial score (nSPS) is 18.1. The first-order valence-electron chi connectivity index (χ1n) is 32.3. The third-order valence-electron chi connectivity index (χ3n) is 15.0. The minimum absolute atomic E-state index is 0.0667. The molecule has 0 bridgehead atoms. The molecule has 6 atom stereocenters. The molecule has 0 aromatic heterocycles. The number of aliphatic carboxylic acids is 1. The fourth-order valence-corrected chi connectivity index (χ4v) is 10.0. The highest BCUT2D eigenvalue weighted by Crippen LogP contribution is 2.27. The van der Waals surface area contributed by atoms with E-state index in [1.165, 1.54) is 180 Å². The summed E-state index contributed by atoms with van der Waals surface area (Å²) in [6, 6.07) is 0. The fourth-order valence-electron chi connectivity index (χ4n) is 10.0. The number of unbranched alkanes of at least 4 members (excludes halogenated alkanes) is 38. The van der Waals surface area contributed by atoms with E-state index in [1.807, 2.05) is 0 Å². The van der Waals surface area contributed by atoms with Gasteiger partial charge in [-0.1, -0.05) is 270 Å². The maximum atomic E-state index is 13.2. The Kier molecular flexibility index (Phi) is 50.5. The van der Waals surface area contributed by atoms with Gasteiger partial charge in [0.15, 0.2) is 24.6 Å². The molecule has 0 amide bonds. The summed E-state index contributed by atoms with van der Waals surface area (Å²) in [5, 5.41) is 31.5. The molecule has 0 aromatic carbocycles. The molecule has 1 aliphatic rings. The van der Waals surface area contributed by atoms with Crippen molar-refractivity contribution in [1.82, 2.24) is 0 Å². The van der Waals surface area contributed by atoms with Gasteiger partial charge in [-0.15, -0.1) is 0 Å². The van der Waals surface area contributed by atoms with E-state index in [4.69, 9.17) is 23.7 Å². The van der Waals surface area contributed by atoms with Gasteiger partial charge in [0, 0.05) is 19.3 Å². The van der Waals surface area contributed by atoms with Crippen molar-refractivity contribution in [3.8, 4) is 0 Å². The van der Waals surface area contributed by atoms with Crippen LogP contribution in [0, 0.1) is 0 Å². The summed E-state index contributed by atoms with van der Waals surface area (Å²) in [6.45, 7) is 6.00. The van der Waals surface area contributed by atoms with E-state index in [2.05, 4.69) is 45.1 Å². The van der Waals surface area contributed by atoms with Gasteiger partial charge >= 0.3 is 23.9 Å². The van der Waals surface area contributed by atoms with Gasteiger partial charge in [-0.25, -0.2) is 4.79 Å². The van der Waals surface area contributed by atoms with Crippen LogP contribution in [0.5, 0.6) is 0 Å². The highest BCUT2D eigenvalue weighted by Gasteiger charge is 2.50. The lowest BCUT2D eigenvalue weighted by atomic mass is 9.98. The number of ether oxygens (including phenoxy) is 5. The molecule has 3 N–H and O–H groups in total. The number of aliphatic hydroxyl groups is 2. The topological polar surface area (TPSA) is 175 Å². The minimum Gasteiger partial charge on any atom is -0.479 e. The predicted molar refractivity (Wildman–Crippen MR) is 313 cm³/mol. The monoisotopic (exact) mass is 1090 g/mol. The van der Waals surface area contributed by atoms with E-state index in [0.29, 0.717) is 19.3 Å². The molecule has 12 nitrogen and oxygen atoms in total. The molecule has 1 aliphatic heterocycles. The number of carbonyl (C=O) groups excluding carboxylic acids is 3. The van der Waals surface area contributed by atoms with Crippen LogP contribution in [0.25, 0.3) is 0 Å². The molecule has 450 valence electrons. The lowest BCUT2D eigenvalue weighted by Gasteiger charge is -2.40. The second-order valence-electron chi connectivity index (χ2n) is 22.4. The molecule has 1 fully saturated rings. The van der Waals surface area contributed by atoms with Gasteiger partial charge in [0.2, 0.25) is 0 Å². The van der Waals surface area contributed by atoms with Crippen LogP contribution in [-0.2, 0) is 42.9 Å². The molecule has 0 aliphatic carbocycles. The fraction of sp³-hybridized carbons (Fsp3) is 0.877. The second kappa shape index (κ2) is 53.8. The van der Waals surface area contributed by atoms with Crippen LogP contribution in [-0.4, -0.2) is 89.2 Å². The standard InChI is InChI=1S/C65H118O12/c1-4-7-10-13-16-19-22-24-26-28-29-31-32-34-37-39-42-45-48-51-57(66)73-54-56(75-58(67)52-49-46-43-41-38-35-33-30-27-25-23-20-17-14-11-8-5-2)55-74-65-63(61(70)60(69)62(77-65)64(71)72)76-59(68)53-50-47-44-40-36-21-18-15-12-9-6-3/h16,19,24,26,56,60-63,65,69-70H,4-15,17-18,20-23,25,27-55H2,1-3H3,(H,71,72)/b19-16-,26-24-. The molecule has 77 heavy (non-hydrogen) atoms. The number of allylic oxidation sites excluding steroid dienone is 4. The summed E-state index contributed by atoms with van der Waals surface area (Å²) in [7, 11) is 0.